The van der Waals surface area contributed by atoms with Crippen LogP contribution >= 0.6 is 11.6 Å². The summed E-state index contributed by atoms with van der Waals surface area (Å²) < 4.78 is 4.85. The number of halogens is 1. The van der Waals surface area contributed by atoms with Crippen LogP contribution in [-0.4, -0.2) is 12.6 Å². The van der Waals surface area contributed by atoms with E-state index < -0.39 is 0 Å². The number of esters is 1. The van der Waals surface area contributed by atoms with E-state index in [1.807, 2.05) is 6.07 Å². The van der Waals surface area contributed by atoms with Gasteiger partial charge in [-0.2, -0.15) is 5.26 Å². The third-order valence-corrected chi connectivity index (χ3v) is 2.35. The van der Waals surface area contributed by atoms with Crippen LogP contribution in [0.2, 0.25) is 5.02 Å². The Morgan fingerprint density at radius 2 is 2.12 bits per heavy atom. The van der Waals surface area contributed by atoms with Gasteiger partial charge in [-0.1, -0.05) is 23.7 Å². The summed E-state index contributed by atoms with van der Waals surface area (Å²) in [6, 6.07) is 8.89. The van der Waals surface area contributed by atoms with Crippen molar-refractivity contribution in [3.8, 4) is 6.07 Å². The van der Waals surface area contributed by atoms with Crippen LogP contribution in [-0.2, 0) is 9.53 Å². The second-order valence-electron chi connectivity index (χ2n) is 3.29. The number of hydrogen-bond donors (Lipinski definition) is 0. The maximum Gasteiger partial charge on any atom is 0.310 e. The molecule has 4 heteroatoms. The molecule has 0 aliphatic carbocycles. The molecule has 0 unspecified atom stereocenters. The maximum atomic E-state index is 11.4. The Labute approximate surface area is 105 Å². The summed E-state index contributed by atoms with van der Waals surface area (Å²) in [6.07, 6.45) is 1.43. The molecule has 0 atom stereocenters. The van der Waals surface area contributed by atoms with E-state index in [9.17, 15) is 4.79 Å². The Kier molecular flexibility index (Phi) is 5.25. The minimum absolute atomic E-state index is 0.0863. The quantitative estimate of drug-likeness (QED) is 0.608. The molecule has 0 N–H and O–H groups in total. The van der Waals surface area contributed by atoms with Gasteiger partial charge in [0, 0.05) is 11.1 Å². The molecule has 1 aromatic carbocycles. The van der Waals surface area contributed by atoms with Crippen molar-refractivity contribution in [3.05, 3.63) is 40.9 Å². The van der Waals surface area contributed by atoms with Gasteiger partial charge < -0.3 is 4.74 Å². The van der Waals surface area contributed by atoms with Gasteiger partial charge in [-0.15, -0.1) is 0 Å². The number of nitrogens with zero attached hydrogens (tertiary/aromatic N) is 1. The summed E-state index contributed by atoms with van der Waals surface area (Å²) in [5.74, 6) is -0.344. The molecular formula is C13H12ClNO2. The lowest BCUT2D eigenvalue weighted by Gasteiger charge is -2.06. The molecule has 0 spiro atoms. The lowest BCUT2D eigenvalue weighted by Crippen LogP contribution is -2.04. The number of carbonyl (C=O) groups is 1. The summed E-state index contributed by atoms with van der Waals surface area (Å²) in [5.41, 5.74) is 1.42. The highest BCUT2D eigenvalue weighted by molar-refractivity contribution is 6.30. The molecule has 1 rings (SSSR count). The third kappa shape index (κ3) is 4.29. The zero-order valence-corrected chi connectivity index (χ0v) is 10.2. The van der Waals surface area contributed by atoms with Crippen LogP contribution in [0.1, 0.15) is 18.9 Å². The van der Waals surface area contributed by atoms with E-state index in [0.29, 0.717) is 17.2 Å². The zero-order valence-electron chi connectivity index (χ0n) is 9.44. The first-order chi connectivity index (χ1) is 8.17. The van der Waals surface area contributed by atoms with Crippen molar-refractivity contribution >= 4 is 23.1 Å². The van der Waals surface area contributed by atoms with Crippen molar-refractivity contribution in [3.63, 3.8) is 0 Å². The van der Waals surface area contributed by atoms with Crippen LogP contribution in [0.5, 0.6) is 0 Å². The molecule has 1 aromatic rings. The number of carbonyl (C=O) groups excluding carboxylic acids is 1. The van der Waals surface area contributed by atoms with E-state index in [1.54, 1.807) is 31.2 Å². The lowest BCUT2D eigenvalue weighted by atomic mass is 10.0. The van der Waals surface area contributed by atoms with Crippen molar-refractivity contribution in [2.75, 3.05) is 6.61 Å². The molecule has 88 valence electrons. The number of allylic oxidation sites excluding steroid dienone is 1. The highest BCUT2D eigenvalue weighted by Crippen LogP contribution is 2.20. The topological polar surface area (TPSA) is 50.1 Å². The molecule has 0 aliphatic rings. The normalized spacial score (nSPS) is 10.8. The van der Waals surface area contributed by atoms with E-state index in [2.05, 4.69) is 0 Å². The number of benzene rings is 1. The van der Waals surface area contributed by atoms with E-state index in [4.69, 9.17) is 21.6 Å². The second-order valence-corrected chi connectivity index (χ2v) is 3.72. The Hall–Kier alpha value is -1.79. The Bertz CT molecular complexity index is 457. The first kappa shape index (κ1) is 13.3. The summed E-state index contributed by atoms with van der Waals surface area (Å²) in [6.45, 7) is 2.08. The summed E-state index contributed by atoms with van der Waals surface area (Å²) in [7, 11) is 0. The van der Waals surface area contributed by atoms with E-state index in [-0.39, 0.29) is 12.4 Å². The number of nitriles is 1. The average molecular weight is 250 g/mol. The van der Waals surface area contributed by atoms with Crippen LogP contribution in [0.4, 0.5) is 0 Å². The van der Waals surface area contributed by atoms with Crippen molar-refractivity contribution < 1.29 is 9.53 Å². The van der Waals surface area contributed by atoms with Crippen LogP contribution < -0.4 is 0 Å². The van der Waals surface area contributed by atoms with Crippen LogP contribution in [0, 0.1) is 11.3 Å². The van der Waals surface area contributed by atoms with Gasteiger partial charge in [0.25, 0.3) is 0 Å². The van der Waals surface area contributed by atoms with Gasteiger partial charge in [-0.05, 0) is 30.2 Å². The molecule has 0 aliphatic heterocycles. The average Bonchev–Trinajstić information content (AvgIpc) is 2.30. The molecule has 3 nitrogen and oxygen atoms in total. The fourth-order valence-electron chi connectivity index (χ4n) is 1.35. The van der Waals surface area contributed by atoms with E-state index in [0.717, 1.165) is 5.56 Å². The summed E-state index contributed by atoms with van der Waals surface area (Å²) in [5, 5.41) is 9.30. The van der Waals surface area contributed by atoms with Crippen molar-refractivity contribution in [1.82, 2.24) is 0 Å². The first-order valence-corrected chi connectivity index (χ1v) is 5.55. The highest BCUT2D eigenvalue weighted by Gasteiger charge is 2.09. The van der Waals surface area contributed by atoms with Gasteiger partial charge in [-0.25, -0.2) is 0 Å². The Morgan fingerprint density at radius 3 is 2.65 bits per heavy atom. The molecule has 0 radical (unpaired) electrons. The fourth-order valence-corrected chi connectivity index (χ4v) is 1.47. The van der Waals surface area contributed by atoms with Crippen molar-refractivity contribution in [2.45, 2.75) is 13.3 Å². The lowest BCUT2D eigenvalue weighted by molar-refractivity contribution is -0.141. The summed E-state index contributed by atoms with van der Waals surface area (Å²) in [4.78, 5) is 11.4. The van der Waals surface area contributed by atoms with Gasteiger partial charge >= 0.3 is 5.97 Å². The second kappa shape index (κ2) is 6.72. The minimum atomic E-state index is -0.344. The molecule has 0 heterocycles. The zero-order chi connectivity index (χ0) is 12.7. The highest BCUT2D eigenvalue weighted by atomic mass is 35.5. The molecule has 0 fully saturated rings. The van der Waals surface area contributed by atoms with Crippen molar-refractivity contribution in [2.24, 2.45) is 0 Å². The predicted molar refractivity (Wildman–Crippen MR) is 66.3 cm³/mol. The van der Waals surface area contributed by atoms with Crippen LogP contribution in [0.25, 0.3) is 5.57 Å². The Morgan fingerprint density at radius 1 is 1.47 bits per heavy atom. The van der Waals surface area contributed by atoms with E-state index >= 15 is 0 Å². The largest absolute Gasteiger partial charge is 0.466 e. The van der Waals surface area contributed by atoms with Gasteiger partial charge in [0.15, 0.2) is 0 Å². The van der Waals surface area contributed by atoms with Crippen LogP contribution in [0.3, 0.4) is 0 Å². The van der Waals surface area contributed by atoms with E-state index in [1.165, 1.54) is 6.08 Å². The molecule has 0 aromatic heterocycles. The molecule has 0 bridgehead atoms. The predicted octanol–water partition coefficient (Wildman–Crippen LogP) is 3.20. The molecule has 17 heavy (non-hydrogen) atoms. The monoisotopic (exact) mass is 249 g/mol. The van der Waals surface area contributed by atoms with Crippen molar-refractivity contribution in [1.29, 1.82) is 5.26 Å². The third-order valence-electron chi connectivity index (χ3n) is 2.09. The molecular weight excluding hydrogens is 238 g/mol. The van der Waals surface area contributed by atoms with Crippen LogP contribution in [0.15, 0.2) is 30.3 Å². The fraction of sp³-hybridized carbons (Fsp3) is 0.231. The number of ether oxygens (including phenoxy) is 1. The van der Waals surface area contributed by atoms with Gasteiger partial charge in [0.1, 0.15) is 0 Å². The first-order valence-electron chi connectivity index (χ1n) is 5.17. The molecule has 0 saturated heterocycles. The SMILES string of the molecule is CCOC(=O)CC(=CC#N)c1ccc(Cl)cc1. The maximum absolute atomic E-state index is 11.4. The summed E-state index contributed by atoms with van der Waals surface area (Å²) >= 11 is 5.77. The molecule has 0 amide bonds. The Balaban J connectivity index is 2.88. The standard InChI is InChI=1S/C13H12ClNO2/c1-2-17-13(16)9-11(7-8-15)10-3-5-12(14)6-4-10/h3-7H,2,9H2,1H3. The number of hydrogen-bond acceptors (Lipinski definition) is 3. The number of rotatable bonds is 4. The molecule has 0 saturated carbocycles. The van der Waals surface area contributed by atoms with Gasteiger partial charge in [0.2, 0.25) is 0 Å². The minimum Gasteiger partial charge on any atom is -0.466 e. The van der Waals surface area contributed by atoms with Gasteiger partial charge in [0.05, 0.1) is 19.1 Å². The smallest absolute Gasteiger partial charge is 0.310 e. The van der Waals surface area contributed by atoms with Gasteiger partial charge in [-0.3, -0.25) is 4.79 Å².